The number of ketones is 1. The molecule has 146 valence electrons. The van der Waals surface area contributed by atoms with Crippen LogP contribution in [-0.2, 0) is 0 Å². The highest BCUT2D eigenvalue weighted by molar-refractivity contribution is 5.99. The number of phenolic OH excluding ortho intramolecular Hbond substituents is 2. The summed E-state index contributed by atoms with van der Waals surface area (Å²) in [5, 5.41) is 29.5. The van der Waals surface area contributed by atoms with Gasteiger partial charge in [0, 0.05) is 34.7 Å². The van der Waals surface area contributed by atoms with Crippen LogP contribution in [0.3, 0.4) is 0 Å². The average Bonchev–Trinajstić information content (AvgIpc) is 2.70. The number of hydrogen-bond donors (Lipinski definition) is 4. The van der Waals surface area contributed by atoms with Gasteiger partial charge in [-0.2, -0.15) is 0 Å². The summed E-state index contributed by atoms with van der Waals surface area (Å²) in [7, 11) is 0. The van der Waals surface area contributed by atoms with E-state index < -0.39 is 11.9 Å². The van der Waals surface area contributed by atoms with E-state index in [1.807, 2.05) is 0 Å². The number of nitrogens with two attached hydrogens (primary N) is 1. The summed E-state index contributed by atoms with van der Waals surface area (Å²) in [5.41, 5.74) is 7.45. The molecule has 1 aliphatic heterocycles. The van der Waals surface area contributed by atoms with E-state index in [1.54, 1.807) is 12.1 Å². The second kappa shape index (κ2) is 6.96. The van der Waals surface area contributed by atoms with Gasteiger partial charge in [-0.15, -0.1) is 0 Å². The average molecular weight is 391 g/mol. The molecule has 0 atom stereocenters. The lowest BCUT2D eigenvalue weighted by Crippen LogP contribution is -2.18. The number of rotatable bonds is 4. The number of phenols is 2. The van der Waals surface area contributed by atoms with Crippen LogP contribution in [0.25, 0.3) is 0 Å². The van der Waals surface area contributed by atoms with E-state index in [1.165, 1.54) is 42.5 Å². The molecular weight excluding hydrogens is 374 g/mol. The van der Waals surface area contributed by atoms with Crippen LogP contribution >= 0.6 is 0 Å². The van der Waals surface area contributed by atoms with E-state index in [0.29, 0.717) is 33.8 Å². The summed E-state index contributed by atoms with van der Waals surface area (Å²) >= 11 is 0. The zero-order valence-electron chi connectivity index (χ0n) is 15.1. The van der Waals surface area contributed by atoms with E-state index in [9.17, 15) is 24.9 Å². The van der Waals surface area contributed by atoms with Crippen molar-refractivity contribution in [2.45, 2.75) is 5.92 Å². The standard InChI is InChI=1S/C22H17NO6/c23-10-18(26)11-1-4-14(22(27)28)17(7-11)21-15-5-2-12(24)8-19(15)29-20-9-13(25)3-6-16(20)21/h1-9,21,24-25H,10,23H2,(H,27,28). The number of carboxylic acids is 1. The third-order valence-corrected chi connectivity index (χ3v) is 4.94. The Bertz CT molecular complexity index is 1100. The minimum Gasteiger partial charge on any atom is -0.508 e. The monoisotopic (exact) mass is 391 g/mol. The van der Waals surface area contributed by atoms with Gasteiger partial charge in [-0.3, -0.25) is 4.79 Å². The van der Waals surface area contributed by atoms with E-state index in [0.717, 1.165) is 0 Å². The minimum atomic E-state index is -1.14. The zero-order chi connectivity index (χ0) is 20.7. The number of hydrogen-bond acceptors (Lipinski definition) is 6. The molecule has 4 rings (SSSR count). The number of fused-ring (bicyclic) bond motifs is 2. The predicted octanol–water partition coefficient (Wildman–Crippen LogP) is 3.22. The molecule has 0 amide bonds. The largest absolute Gasteiger partial charge is 0.508 e. The molecule has 0 aromatic heterocycles. The lowest BCUT2D eigenvalue weighted by Gasteiger charge is -2.30. The topological polar surface area (TPSA) is 130 Å². The van der Waals surface area contributed by atoms with Crippen molar-refractivity contribution in [2.24, 2.45) is 5.73 Å². The Hall–Kier alpha value is -3.84. The lowest BCUT2D eigenvalue weighted by atomic mass is 9.79. The van der Waals surface area contributed by atoms with Crippen molar-refractivity contribution in [3.63, 3.8) is 0 Å². The quantitative estimate of drug-likeness (QED) is 0.393. The smallest absolute Gasteiger partial charge is 0.335 e. The number of aromatic carboxylic acids is 1. The van der Waals surface area contributed by atoms with Crippen LogP contribution < -0.4 is 10.5 Å². The Morgan fingerprint density at radius 2 is 1.45 bits per heavy atom. The van der Waals surface area contributed by atoms with Crippen molar-refractivity contribution in [3.8, 4) is 23.0 Å². The molecule has 0 fully saturated rings. The molecule has 3 aromatic carbocycles. The van der Waals surface area contributed by atoms with Crippen LogP contribution in [0.15, 0.2) is 54.6 Å². The van der Waals surface area contributed by atoms with Gasteiger partial charge in [0.15, 0.2) is 5.78 Å². The number of ether oxygens (including phenoxy) is 1. The third kappa shape index (κ3) is 3.17. The normalized spacial score (nSPS) is 12.6. The van der Waals surface area contributed by atoms with Crippen LogP contribution in [0.4, 0.5) is 0 Å². The fourth-order valence-electron chi connectivity index (χ4n) is 3.61. The summed E-state index contributed by atoms with van der Waals surface area (Å²) in [6.07, 6.45) is 0. The number of carbonyl (C=O) groups is 2. The second-order valence-corrected chi connectivity index (χ2v) is 6.71. The summed E-state index contributed by atoms with van der Waals surface area (Å²) < 4.78 is 5.84. The van der Waals surface area contributed by atoms with E-state index in [4.69, 9.17) is 10.5 Å². The maximum Gasteiger partial charge on any atom is 0.335 e. The van der Waals surface area contributed by atoms with Crippen molar-refractivity contribution in [1.82, 2.24) is 0 Å². The van der Waals surface area contributed by atoms with Crippen molar-refractivity contribution in [2.75, 3.05) is 6.54 Å². The third-order valence-electron chi connectivity index (χ3n) is 4.94. The molecule has 0 aliphatic carbocycles. The predicted molar refractivity (Wildman–Crippen MR) is 104 cm³/mol. The molecule has 0 saturated heterocycles. The molecular formula is C22H17NO6. The Balaban J connectivity index is 2.02. The first-order chi connectivity index (χ1) is 13.9. The van der Waals surface area contributed by atoms with Crippen molar-refractivity contribution in [1.29, 1.82) is 0 Å². The number of benzene rings is 3. The fourth-order valence-corrected chi connectivity index (χ4v) is 3.61. The molecule has 0 spiro atoms. The van der Waals surface area contributed by atoms with Crippen molar-refractivity contribution in [3.05, 3.63) is 82.4 Å². The zero-order valence-corrected chi connectivity index (χ0v) is 15.1. The highest BCUT2D eigenvalue weighted by Crippen LogP contribution is 2.49. The first-order valence-corrected chi connectivity index (χ1v) is 8.83. The molecule has 5 N–H and O–H groups in total. The van der Waals surface area contributed by atoms with Crippen LogP contribution in [0, 0.1) is 0 Å². The Morgan fingerprint density at radius 1 is 0.862 bits per heavy atom. The highest BCUT2D eigenvalue weighted by atomic mass is 16.5. The van der Waals surface area contributed by atoms with Crippen LogP contribution in [0.5, 0.6) is 23.0 Å². The molecule has 0 bridgehead atoms. The van der Waals surface area contributed by atoms with E-state index in [-0.39, 0.29) is 29.4 Å². The first kappa shape index (κ1) is 18.5. The molecule has 1 heterocycles. The Kier molecular flexibility index (Phi) is 4.44. The molecule has 7 nitrogen and oxygen atoms in total. The molecule has 3 aromatic rings. The lowest BCUT2D eigenvalue weighted by molar-refractivity contribution is 0.0695. The number of aromatic hydroxyl groups is 2. The summed E-state index contributed by atoms with van der Waals surface area (Å²) in [6.45, 7) is -0.200. The molecule has 0 saturated carbocycles. The van der Waals surface area contributed by atoms with Gasteiger partial charge in [0.2, 0.25) is 0 Å². The maximum atomic E-state index is 12.1. The number of Topliss-reactive ketones (excluding diaryl/α,β-unsaturated/α-hetero) is 1. The van der Waals surface area contributed by atoms with Gasteiger partial charge in [-0.25, -0.2) is 4.79 Å². The minimum absolute atomic E-state index is 0.0170. The SMILES string of the molecule is NCC(=O)c1ccc(C(=O)O)c(C2c3ccc(O)cc3Oc3cc(O)ccc32)c1. The first-order valence-electron chi connectivity index (χ1n) is 8.83. The van der Waals surface area contributed by atoms with Crippen LogP contribution in [-0.4, -0.2) is 33.6 Å². The summed E-state index contributed by atoms with van der Waals surface area (Å²) in [4.78, 5) is 24.1. The van der Waals surface area contributed by atoms with Gasteiger partial charge in [0.05, 0.1) is 12.1 Å². The Labute approximate surface area is 165 Å². The van der Waals surface area contributed by atoms with E-state index >= 15 is 0 Å². The van der Waals surface area contributed by atoms with Gasteiger partial charge in [-0.1, -0.05) is 18.2 Å². The Morgan fingerprint density at radius 3 is 1.97 bits per heavy atom. The van der Waals surface area contributed by atoms with Gasteiger partial charge in [0.25, 0.3) is 0 Å². The van der Waals surface area contributed by atoms with E-state index in [2.05, 4.69) is 0 Å². The number of carboxylic acid groups (broad SMARTS) is 1. The van der Waals surface area contributed by atoms with Gasteiger partial charge >= 0.3 is 5.97 Å². The fraction of sp³-hybridized carbons (Fsp3) is 0.0909. The molecule has 7 heteroatoms. The van der Waals surface area contributed by atoms with Crippen molar-refractivity contribution < 1.29 is 29.6 Å². The van der Waals surface area contributed by atoms with Crippen molar-refractivity contribution >= 4 is 11.8 Å². The molecule has 0 radical (unpaired) electrons. The van der Waals surface area contributed by atoms with Gasteiger partial charge in [0.1, 0.15) is 23.0 Å². The second-order valence-electron chi connectivity index (χ2n) is 6.71. The molecule has 1 aliphatic rings. The van der Waals surface area contributed by atoms with Gasteiger partial charge in [-0.05, 0) is 29.8 Å². The van der Waals surface area contributed by atoms with Crippen LogP contribution in [0.2, 0.25) is 0 Å². The number of carbonyl (C=O) groups excluding carboxylic acids is 1. The molecule has 0 unspecified atom stereocenters. The van der Waals surface area contributed by atoms with Gasteiger partial charge < -0.3 is 25.8 Å². The molecule has 29 heavy (non-hydrogen) atoms. The maximum absolute atomic E-state index is 12.1. The van der Waals surface area contributed by atoms with Crippen LogP contribution in [0.1, 0.15) is 43.3 Å². The summed E-state index contributed by atoms with van der Waals surface area (Å²) in [5.74, 6) is -1.41. The summed E-state index contributed by atoms with van der Waals surface area (Å²) in [6, 6.07) is 13.5. The highest BCUT2D eigenvalue weighted by Gasteiger charge is 2.32.